The Morgan fingerprint density at radius 3 is 2.29 bits per heavy atom. The number of rotatable bonds is 8. The Kier molecular flexibility index (Phi) is 7.73. The highest BCUT2D eigenvalue weighted by atomic mass is 19.2. The van der Waals surface area contributed by atoms with Crippen LogP contribution in [-0.2, 0) is 4.74 Å². The summed E-state index contributed by atoms with van der Waals surface area (Å²) in [6.45, 7) is 6.57. The summed E-state index contributed by atoms with van der Waals surface area (Å²) in [6, 6.07) is 15.0. The van der Waals surface area contributed by atoms with Crippen LogP contribution < -0.4 is 4.74 Å². The third-order valence-electron chi connectivity index (χ3n) is 6.33. The molecule has 2 nitrogen and oxygen atoms in total. The lowest BCUT2D eigenvalue weighted by Gasteiger charge is -2.27. The zero-order valence-electron chi connectivity index (χ0n) is 19.3. The summed E-state index contributed by atoms with van der Waals surface area (Å²) in [5.41, 5.74) is 2.71. The summed E-state index contributed by atoms with van der Waals surface area (Å²) < 4.78 is 55.2. The number of benzene rings is 3. The van der Waals surface area contributed by atoms with Crippen molar-refractivity contribution in [1.29, 1.82) is 0 Å². The van der Waals surface area contributed by atoms with Crippen LogP contribution in [0.5, 0.6) is 5.75 Å². The highest BCUT2D eigenvalue weighted by molar-refractivity contribution is 5.71. The maximum Gasteiger partial charge on any atom is 0.201 e. The molecule has 3 aromatic rings. The van der Waals surface area contributed by atoms with E-state index in [4.69, 9.17) is 9.47 Å². The average Bonchev–Trinajstić information content (AvgIpc) is 2.85. The van der Waals surface area contributed by atoms with Crippen LogP contribution in [0.4, 0.5) is 13.2 Å². The van der Waals surface area contributed by atoms with Crippen molar-refractivity contribution in [3.05, 3.63) is 90.3 Å². The summed E-state index contributed by atoms with van der Waals surface area (Å²) in [5.74, 6) is -2.19. The number of ether oxygens (including phenoxy) is 2. The standard InChI is InChI=1S/C29H29F3O2/c1-3-4-5-16-33-27-15-14-25(28(31)29(27)32)21-10-8-20(9-11-21)24-13-12-22(17-26(24)30)23-7-6-19(2)34-18-23/h3,8-15,17,19,23H,1,4-7,16,18H2,2H3. The fourth-order valence-corrected chi connectivity index (χ4v) is 4.27. The lowest BCUT2D eigenvalue weighted by molar-refractivity contribution is 0.0154. The minimum absolute atomic E-state index is 0.109. The summed E-state index contributed by atoms with van der Waals surface area (Å²) >= 11 is 0. The third kappa shape index (κ3) is 5.36. The van der Waals surface area contributed by atoms with Crippen LogP contribution in [-0.4, -0.2) is 19.3 Å². The fraction of sp³-hybridized carbons (Fsp3) is 0.310. The van der Waals surface area contributed by atoms with Gasteiger partial charge in [0.05, 0.1) is 19.3 Å². The molecule has 0 saturated carbocycles. The maximum atomic E-state index is 14.9. The van der Waals surface area contributed by atoms with E-state index in [2.05, 4.69) is 13.5 Å². The molecule has 0 aromatic heterocycles. The van der Waals surface area contributed by atoms with Crippen molar-refractivity contribution in [2.45, 2.75) is 44.6 Å². The van der Waals surface area contributed by atoms with Gasteiger partial charge in [-0.3, -0.25) is 0 Å². The first-order valence-corrected chi connectivity index (χ1v) is 11.7. The Balaban J connectivity index is 1.50. The summed E-state index contributed by atoms with van der Waals surface area (Å²) in [6.07, 6.45) is 5.37. The van der Waals surface area contributed by atoms with Crippen LogP contribution in [0, 0.1) is 17.5 Å². The highest BCUT2D eigenvalue weighted by Crippen LogP contribution is 2.34. The number of unbranched alkanes of at least 4 members (excludes halogenated alkanes) is 1. The molecule has 34 heavy (non-hydrogen) atoms. The zero-order valence-corrected chi connectivity index (χ0v) is 19.3. The Hall–Kier alpha value is -3.05. The molecule has 4 rings (SSSR count). The zero-order chi connectivity index (χ0) is 24.1. The van der Waals surface area contributed by atoms with Gasteiger partial charge in [-0.25, -0.2) is 8.78 Å². The van der Waals surface area contributed by atoms with Gasteiger partial charge in [0.25, 0.3) is 0 Å². The van der Waals surface area contributed by atoms with Gasteiger partial charge in [-0.05, 0) is 67.5 Å². The second-order valence-electron chi connectivity index (χ2n) is 8.75. The molecule has 0 amide bonds. The molecule has 1 fully saturated rings. The molecule has 0 aliphatic carbocycles. The predicted octanol–water partition coefficient (Wildman–Crippen LogP) is 8.07. The van der Waals surface area contributed by atoms with Crippen LogP contribution >= 0.6 is 0 Å². The van der Waals surface area contributed by atoms with E-state index in [1.807, 2.05) is 6.07 Å². The lowest BCUT2D eigenvalue weighted by atomic mass is 9.90. The van der Waals surface area contributed by atoms with Crippen molar-refractivity contribution < 1.29 is 22.6 Å². The van der Waals surface area contributed by atoms with Gasteiger partial charge in [0.2, 0.25) is 5.82 Å². The molecule has 1 aliphatic rings. The maximum absolute atomic E-state index is 14.9. The van der Waals surface area contributed by atoms with E-state index in [1.165, 1.54) is 12.1 Å². The second-order valence-corrected chi connectivity index (χ2v) is 8.75. The van der Waals surface area contributed by atoms with Crippen molar-refractivity contribution >= 4 is 0 Å². The summed E-state index contributed by atoms with van der Waals surface area (Å²) in [4.78, 5) is 0. The van der Waals surface area contributed by atoms with E-state index in [0.717, 1.165) is 24.8 Å². The smallest absolute Gasteiger partial charge is 0.201 e. The predicted molar refractivity (Wildman–Crippen MR) is 130 cm³/mol. The van der Waals surface area contributed by atoms with E-state index in [9.17, 15) is 13.2 Å². The fourth-order valence-electron chi connectivity index (χ4n) is 4.27. The van der Waals surface area contributed by atoms with Gasteiger partial charge in [-0.15, -0.1) is 6.58 Å². The van der Waals surface area contributed by atoms with E-state index >= 15 is 0 Å². The molecule has 0 N–H and O–H groups in total. The largest absolute Gasteiger partial charge is 0.490 e. The molecule has 5 heteroatoms. The summed E-state index contributed by atoms with van der Waals surface area (Å²) in [5, 5.41) is 0. The molecule has 1 heterocycles. The van der Waals surface area contributed by atoms with Gasteiger partial charge in [0.15, 0.2) is 11.6 Å². The number of hydrogen-bond acceptors (Lipinski definition) is 2. The molecule has 0 spiro atoms. The molecular weight excluding hydrogens is 437 g/mol. The first-order chi connectivity index (χ1) is 16.5. The van der Waals surface area contributed by atoms with Crippen LogP contribution in [0.25, 0.3) is 22.3 Å². The number of halogens is 3. The monoisotopic (exact) mass is 466 g/mol. The van der Waals surface area contributed by atoms with E-state index < -0.39 is 11.6 Å². The molecule has 2 atom stereocenters. The normalized spacial score (nSPS) is 18.0. The van der Waals surface area contributed by atoms with Crippen molar-refractivity contribution in [2.75, 3.05) is 13.2 Å². The first-order valence-electron chi connectivity index (χ1n) is 11.7. The Morgan fingerprint density at radius 1 is 0.941 bits per heavy atom. The molecule has 0 radical (unpaired) electrons. The Labute approximate surface area is 199 Å². The molecule has 1 aliphatic heterocycles. The average molecular weight is 467 g/mol. The van der Waals surface area contributed by atoms with Gasteiger partial charge in [-0.1, -0.05) is 42.5 Å². The van der Waals surface area contributed by atoms with E-state index in [1.54, 1.807) is 42.5 Å². The minimum Gasteiger partial charge on any atom is -0.490 e. The van der Waals surface area contributed by atoms with Crippen LogP contribution in [0.3, 0.4) is 0 Å². The SMILES string of the molecule is C=CCCCOc1ccc(-c2ccc(-c3ccc(C4CCC(C)OC4)cc3F)cc2)c(F)c1F. The van der Waals surface area contributed by atoms with Crippen LogP contribution in [0.15, 0.2) is 67.3 Å². The van der Waals surface area contributed by atoms with Crippen LogP contribution in [0.2, 0.25) is 0 Å². The van der Waals surface area contributed by atoms with Gasteiger partial charge < -0.3 is 9.47 Å². The second kappa shape index (κ2) is 10.9. The first kappa shape index (κ1) is 24.1. The van der Waals surface area contributed by atoms with Gasteiger partial charge in [0.1, 0.15) is 5.82 Å². The molecule has 3 aromatic carbocycles. The third-order valence-corrected chi connectivity index (χ3v) is 6.33. The van der Waals surface area contributed by atoms with E-state index in [-0.39, 0.29) is 35.8 Å². The molecule has 1 saturated heterocycles. The van der Waals surface area contributed by atoms with Crippen molar-refractivity contribution in [3.8, 4) is 28.0 Å². The quantitative estimate of drug-likeness (QED) is 0.247. The van der Waals surface area contributed by atoms with E-state index in [0.29, 0.717) is 29.7 Å². The molecule has 178 valence electrons. The van der Waals surface area contributed by atoms with Crippen molar-refractivity contribution in [1.82, 2.24) is 0 Å². The van der Waals surface area contributed by atoms with Crippen molar-refractivity contribution in [3.63, 3.8) is 0 Å². The minimum atomic E-state index is -1.01. The summed E-state index contributed by atoms with van der Waals surface area (Å²) in [7, 11) is 0. The molecular formula is C29H29F3O2. The van der Waals surface area contributed by atoms with Gasteiger partial charge in [-0.2, -0.15) is 4.39 Å². The molecule has 2 unspecified atom stereocenters. The van der Waals surface area contributed by atoms with Gasteiger partial charge in [0, 0.05) is 17.0 Å². The Morgan fingerprint density at radius 2 is 1.65 bits per heavy atom. The Bertz CT molecular complexity index is 1130. The highest BCUT2D eigenvalue weighted by Gasteiger charge is 2.21. The van der Waals surface area contributed by atoms with Crippen molar-refractivity contribution in [2.24, 2.45) is 0 Å². The van der Waals surface area contributed by atoms with Gasteiger partial charge >= 0.3 is 0 Å². The molecule has 0 bridgehead atoms. The number of hydrogen-bond donors (Lipinski definition) is 0. The lowest BCUT2D eigenvalue weighted by Crippen LogP contribution is -2.22. The number of allylic oxidation sites excluding steroid dienone is 1. The topological polar surface area (TPSA) is 18.5 Å². The van der Waals surface area contributed by atoms with Crippen LogP contribution in [0.1, 0.15) is 44.1 Å².